The number of hydrogen-bond acceptors (Lipinski definition) is 4. The Bertz CT molecular complexity index is 805. The molecule has 1 amide bonds. The lowest BCUT2D eigenvalue weighted by molar-refractivity contribution is -0.122. The van der Waals surface area contributed by atoms with Crippen LogP contribution in [0.3, 0.4) is 0 Å². The van der Waals surface area contributed by atoms with Gasteiger partial charge in [0.25, 0.3) is 0 Å². The van der Waals surface area contributed by atoms with E-state index in [4.69, 9.17) is 0 Å². The van der Waals surface area contributed by atoms with Gasteiger partial charge in [-0.15, -0.1) is 0 Å². The molecule has 1 aromatic heterocycles. The minimum atomic E-state index is -3.50. The van der Waals surface area contributed by atoms with Gasteiger partial charge in [-0.3, -0.25) is 4.79 Å². The molecule has 3 rings (SSSR count). The van der Waals surface area contributed by atoms with Crippen molar-refractivity contribution in [2.45, 2.75) is 43.4 Å². The number of rotatable bonds is 4. The van der Waals surface area contributed by atoms with Crippen molar-refractivity contribution >= 4 is 26.8 Å². The molecule has 1 heterocycles. The zero-order valence-electron chi connectivity index (χ0n) is 12.4. The van der Waals surface area contributed by atoms with Gasteiger partial charge in [0.15, 0.2) is 0 Å². The smallest absolute Gasteiger partial charge is 0.240 e. The van der Waals surface area contributed by atoms with Gasteiger partial charge in [0.1, 0.15) is 6.54 Å². The summed E-state index contributed by atoms with van der Waals surface area (Å²) < 4.78 is 25.3. The molecule has 0 atom stereocenters. The van der Waals surface area contributed by atoms with Gasteiger partial charge in [0.2, 0.25) is 20.9 Å². The Kier molecular flexibility index (Phi) is 3.90. The van der Waals surface area contributed by atoms with Crippen LogP contribution in [0.2, 0.25) is 0 Å². The number of benzene rings is 1. The average Bonchev–Trinajstić information content (AvgIpc) is 3.06. The van der Waals surface area contributed by atoms with E-state index in [1.807, 2.05) is 0 Å². The molecule has 22 heavy (non-hydrogen) atoms. The monoisotopic (exact) mass is 321 g/mol. The second-order valence-electron chi connectivity index (χ2n) is 5.79. The minimum absolute atomic E-state index is 0.0284. The lowest BCUT2D eigenvalue weighted by Gasteiger charge is -2.13. The fourth-order valence-corrected chi connectivity index (χ4v) is 3.80. The molecule has 118 valence electrons. The largest absolute Gasteiger partial charge is 0.352 e. The second-order valence-corrected chi connectivity index (χ2v) is 7.70. The predicted octanol–water partition coefficient (Wildman–Crippen LogP) is 1.50. The standard InChI is InChI=1S/C15H19N3O3S/c1-22(20,21)15-17-12-8-4-5-9-13(12)18(15)10-14(19)16-11-6-2-3-7-11/h4-5,8-9,11H,2-3,6-7,10H2,1H3,(H,16,19). The predicted molar refractivity (Wildman–Crippen MR) is 83.2 cm³/mol. The van der Waals surface area contributed by atoms with Crippen LogP contribution in [0.1, 0.15) is 25.7 Å². The van der Waals surface area contributed by atoms with Crippen molar-refractivity contribution in [3.63, 3.8) is 0 Å². The third-order valence-corrected chi connectivity index (χ3v) is 4.95. The summed E-state index contributed by atoms with van der Waals surface area (Å²) in [6, 6.07) is 7.34. The first-order valence-electron chi connectivity index (χ1n) is 7.40. The molecule has 0 unspecified atom stereocenters. The van der Waals surface area contributed by atoms with Crippen LogP contribution in [-0.4, -0.2) is 36.2 Å². The molecule has 6 nitrogen and oxygen atoms in total. The molecule has 1 aliphatic carbocycles. The lowest BCUT2D eigenvalue weighted by atomic mass is 10.2. The highest BCUT2D eigenvalue weighted by Crippen LogP contribution is 2.20. The fraction of sp³-hybridized carbons (Fsp3) is 0.467. The Balaban J connectivity index is 1.92. The Morgan fingerprint density at radius 1 is 1.32 bits per heavy atom. The van der Waals surface area contributed by atoms with Crippen LogP contribution in [0.5, 0.6) is 0 Å². The lowest BCUT2D eigenvalue weighted by Crippen LogP contribution is -2.35. The Hall–Kier alpha value is -1.89. The van der Waals surface area contributed by atoms with Crippen LogP contribution in [0.15, 0.2) is 29.4 Å². The van der Waals surface area contributed by atoms with Crippen LogP contribution >= 0.6 is 0 Å². The van der Waals surface area contributed by atoms with Gasteiger partial charge in [-0.25, -0.2) is 13.4 Å². The molecule has 1 aromatic carbocycles. The number of imidazole rings is 1. The van der Waals surface area contributed by atoms with Gasteiger partial charge in [-0.2, -0.15) is 0 Å². The number of para-hydroxylation sites is 2. The summed E-state index contributed by atoms with van der Waals surface area (Å²) in [6.07, 6.45) is 5.37. The number of carbonyl (C=O) groups excluding carboxylic acids is 1. The van der Waals surface area contributed by atoms with Gasteiger partial charge < -0.3 is 9.88 Å². The van der Waals surface area contributed by atoms with Crippen molar-refractivity contribution < 1.29 is 13.2 Å². The van der Waals surface area contributed by atoms with E-state index >= 15 is 0 Å². The summed E-state index contributed by atoms with van der Waals surface area (Å²) in [7, 11) is -3.50. The Morgan fingerprint density at radius 2 is 2.00 bits per heavy atom. The normalized spacial score (nSPS) is 16.2. The van der Waals surface area contributed by atoms with Gasteiger partial charge in [-0.05, 0) is 25.0 Å². The van der Waals surface area contributed by atoms with Crippen molar-refractivity contribution in [3.8, 4) is 0 Å². The molecule has 1 aliphatic rings. The third-order valence-electron chi connectivity index (χ3n) is 3.97. The van der Waals surface area contributed by atoms with E-state index in [1.165, 1.54) is 4.57 Å². The number of amides is 1. The number of nitrogens with one attached hydrogen (secondary N) is 1. The molecule has 0 bridgehead atoms. The third kappa shape index (κ3) is 2.99. The number of hydrogen-bond donors (Lipinski definition) is 1. The quantitative estimate of drug-likeness (QED) is 0.925. The van der Waals surface area contributed by atoms with Gasteiger partial charge in [-0.1, -0.05) is 25.0 Å². The van der Waals surface area contributed by atoms with Gasteiger partial charge >= 0.3 is 0 Å². The van der Waals surface area contributed by atoms with Crippen LogP contribution in [0, 0.1) is 0 Å². The number of sulfone groups is 1. The molecule has 1 saturated carbocycles. The van der Waals surface area contributed by atoms with Crippen molar-refractivity contribution in [2.75, 3.05) is 6.26 Å². The van der Waals surface area contributed by atoms with E-state index in [-0.39, 0.29) is 23.7 Å². The Morgan fingerprint density at radius 3 is 2.68 bits per heavy atom. The highest BCUT2D eigenvalue weighted by Gasteiger charge is 2.22. The van der Waals surface area contributed by atoms with E-state index in [2.05, 4.69) is 10.3 Å². The molecule has 0 aliphatic heterocycles. The summed E-state index contributed by atoms with van der Waals surface area (Å²) in [5.41, 5.74) is 1.24. The maximum Gasteiger partial charge on any atom is 0.240 e. The molecule has 1 N–H and O–H groups in total. The summed E-state index contributed by atoms with van der Waals surface area (Å²) in [5.74, 6) is -0.167. The maximum absolute atomic E-state index is 12.2. The summed E-state index contributed by atoms with van der Waals surface area (Å²) in [5, 5.41) is 2.92. The zero-order chi connectivity index (χ0) is 15.7. The fourth-order valence-electron chi connectivity index (χ4n) is 2.98. The first kappa shape index (κ1) is 15.0. The highest BCUT2D eigenvalue weighted by molar-refractivity contribution is 7.90. The minimum Gasteiger partial charge on any atom is -0.352 e. The average molecular weight is 321 g/mol. The van der Waals surface area contributed by atoms with Gasteiger partial charge in [0, 0.05) is 12.3 Å². The van der Waals surface area contributed by atoms with Crippen molar-refractivity contribution in [1.82, 2.24) is 14.9 Å². The van der Waals surface area contributed by atoms with Gasteiger partial charge in [0.05, 0.1) is 11.0 Å². The molecule has 2 aromatic rings. The Labute approximate surface area is 129 Å². The van der Waals surface area contributed by atoms with E-state index in [1.54, 1.807) is 24.3 Å². The van der Waals surface area contributed by atoms with E-state index in [0.717, 1.165) is 31.9 Å². The van der Waals surface area contributed by atoms with Crippen LogP contribution in [0.25, 0.3) is 11.0 Å². The van der Waals surface area contributed by atoms with Crippen LogP contribution in [-0.2, 0) is 21.2 Å². The number of aromatic nitrogens is 2. The maximum atomic E-state index is 12.2. The van der Waals surface area contributed by atoms with Crippen LogP contribution < -0.4 is 5.32 Å². The first-order chi connectivity index (χ1) is 10.4. The van der Waals surface area contributed by atoms with E-state index < -0.39 is 9.84 Å². The topological polar surface area (TPSA) is 81.1 Å². The van der Waals surface area contributed by atoms with E-state index in [9.17, 15) is 13.2 Å². The highest BCUT2D eigenvalue weighted by atomic mass is 32.2. The van der Waals surface area contributed by atoms with Crippen LogP contribution in [0.4, 0.5) is 0 Å². The van der Waals surface area contributed by atoms with Crippen molar-refractivity contribution in [2.24, 2.45) is 0 Å². The summed E-state index contributed by atoms with van der Waals surface area (Å²) in [4.78, 5) is 16.4. The zero-order valence-corrected chi connectivity index (χ0v) is 13.3. The molecule has 0 radical (unpaired) electrons. The first-order valence-corrected chi connectivity index (χ1v) is 9.29. The number of fused-ring (bicyclic) bond motifs is 1. The number of nitrogens with zero attached hydrogens (tertiary/aromatic N) is 2. The molecule has 0 spiro atoms. The van der Waals surface area contributed by atoms with Crippen molar-refractivity contribution in [3.05, 3.63) is 24.3 Å². The summed E-state index contributed by atoms with van der Waals surface area (Å²) in [6.45, 7) is -0.0284. The SMILES string of the molecule is CS(=O)(=O)c1nc2ccccc2n1CC(=O)NC1CCCC1. The number of carbonyl (C=O) groups is 1. The molecule has 1 fully saturated rings. The second kappa shape index (κ2) is 5.72. The molecular weight excluding hydrogens is 302 g/mol. The van der Waals surface area contributed by atoms with Crippen molar-refractivity contribution in [1.29, 1.82) is 0 Å². The molecule has 7 heteroatoms. The molecular formula is C15H19N3O3S. The molecule has 0 saturated heterocycles. The summed E-state index contributed by atoms with van der Waals surface area (Å²) >= 11 is 0. The van der Waals surface area contributed by atoms with E-state index in [0.29, 0.717) is 11.0 Å².